The van der Waals surface area contributed by atoms with Crippen LogP contribution in [0.25, 0.3) is 32.9 Å². The summed E-state index contributed by atoms with van der Waals surface area (Å²) >= 11 is 13.6. The first-order valence-corrected chi connectivity index (χ1v) is 20.7. The Morgan fingerprint density at radius 1 is 0.949 bits per heavy atom. The van der Waals surface area contributed by atoms with Crippen molar-refractivity contribution in [2.75, 3.05) is 44.7 Å². The number of piperazine rings is 1. The third-order valence-electron chi connectivity index (χ3n) is 12.2. The number of rotatable bonds is 10. The van der Waals surface area contributed by atoms with Crippen LogP contribution in [0.4, 0.5) is 5.69 Å². The van der Waals surface area contributed by atoms with E-state index < -0.39 is 5.97 Å². The molecule has 308 valence electrons. The molecule has 5 heterocycles. The largest absolute Gasteiger partial charge is 0.494 e. The molecule has 1 N–H and O–H groups in total. The van der Waals surface area contributed by atoms with E-state index in [1.165, 1.54) is 0 Å². The molecular weight excluding hydrogens is 789 g/mol. The molecule has 0 bridgehead atoms. The van der Waals surface area contributed by atoms with Gasteiger partial charge in [0.2, 0.25) is 5.91 Å². The summed E-state index contributed by atoms with van der Waals surface area (Å²) in [4.78, 5) is 46.3. The van der Waals surface area contributed by atoms with Crippen molar-refractivity contribution in [3.8, 4) is 16.9 Å². The topological polar surface area (TPSA) is 118 Å². The number of halogens is 2. The van der Waals surface area contributed by atoms with Gasteiger partial charge >= 0.3 is 5.97 Å². The number of aromatic carboxylic acids is 1. The van der Waals surface area contributed by atoms with E-state index in [4.69, 9.17) is 33.0 Å². The lowest BCUT2D eigenvalue weighted by molar-refractivity contribution is -0.134. The van der Waals surface area contributed by atoms with Gasteiger partial charge in [0.1, 0.15) is 17.1 Å². The molecule has 14 heteroatoms. The summed E-state index contributed by atoms with van der Waals surface area (Å²) in [6, 6.07) is 13.2. The van der Waals surface area contributed by atoms with Crippen LogP contribution in [0.15, 0.2) is 42.5 Å². The van der Waals surface area contributed by atoms with Gasteiger partial charge in [-0.25, -0.2) is 4.79 Å². The third kappa shape index (κ3) is 6.94. The fourth-order valence-corrected chi connectivity index (χ4v) is 9.54. The van der Waals surface area contributed by atoms with Gasteiger partial charge in [-0.15, -0.1) is 0 Å². The number of anilines is 1. The summed E-state index contributed by atoms with van der Waals surface area (Å²) in [6.07, 6.45) is 1.17. The molecule has 8 rings (SSSR count). The van der Waals surface area contributed by atoms with Crippen LogP contribution in [-0.4, -0.2) is 91.4 Å². The van der Waals surface area contributed by atoms with E-state index in [-0.39, 0.29) is 30.1 Å². The molecule has 3 aromatic heterocycles. The second kappa shape index (κ2) is 15.4. The number of carboxylic acid groups (broad SMARTS) is 1. The summed E-state index contributed by atoms with van der Waals surface area (Å²) in [5.41, 5.74) is 10.1. The molecular formula is C45H49Cl2N7O5. The Balaban J connectivity index is 1.27. The second-order valence-electron chi connectivity index (χ2n) is 16.2. The Hall–Kier alpha value is -5.30. The number of nitrogens with zero attached hydrogens (tertiary/aromatic N) is 7. The molecule has 12 nitrogen and oxygen atoms in total. The van der Waals surface area contributed by atoms with Gasteiger partial charge in [0.15, 0.2) is 0 Å². The highest BCUT2D eigenvalue weighted by Gasteiger charge is 2.38. The number of amides is 2. The first-order chi connectivity index (χ1) is 28.0. The van der Waals surface area contributed by atoms with Gasteiger partial charge in [-0.3, -0.25) is 19.2 Å². The maximum Gasteiger partial charge on any atom is 0.352 e. The minimum atomic E-state index is -1.06. The van der Waals surface area contributed by atoms with E-state index in [0.717, 1.165) is 66.4 Å². The van der Waals surface area contributed by atoms with E-state index in [1.54, 1.807) is 22.6 Å². The number of benzene rings is 3. The zero-order valence-corrected chi connectivity index (χ0v) is 36.3. The Morgan fingerprint density at radius 2 is 1.68 bits per heavy atom. The molecule has 1 saturated heterocycles. The number of aryl methyl sites for hydroxylation is 6. The summed E-state index contributed by atoms with van der Waals surface area (Å²) in [5.74, 6) is -0.454. The number of hydrogen-bond donors (Lipinski definition) is 1. The Morgan fingerprint density at radius 3 is 2.34 bits per heavy atom. The lowest BCUT2D eigenvalue weighted by Crippen LogP contribution is -2.48. The van der Waals surface area contributed by atoms with Crippen LogP contribution in [0, 0.1) is 27.7 Å². The van der Waals surface area contributed by atoms with Gasteiger partial charge in [0.05, 0.1) is 40.6 Å². The van der Waals surface area contributed by atoms with E-state index in [2.05, 4.69) is 16.4 Å². The zero-order chi connectivity index (χ0) is 42.2. The quantitative estimate of drug-likeness (QED) is 0.138. The highest BCUT2D eigenvalue weighted by molar-refractivity contribution is 6.35. The third-order valence-corrected chi connectivity index (χ3v) is 13.1. The number of carbonyl (C=O) groups excluding carboxylic acids is 2. The summed E-state index contributed by atoms with van der Waals surface area (Å²) in [6.45, 7) is 12.9. The molecule has 0 spiro atoms. The molecule has 59 heavy (non-hydrogen) atoms. The smallest absolute Gasteiger partial charge is 0.352 e. The molecule has 2 aliphatic heterocycles. The first kappa shape index (κ1) is 40.5. The predicted molar refractivity (Wildman–Crippen MR) is 233 cm³/mol. The van der Waals surface area contributed by atoms with Gasteiger partial charge in [-0.1, -0.05) is 29.3 Å². The second-order valence-corrected chi connectivity index (χ2v) is 17.0. The number of carboxylic acids is 1. The molecule has 0 saturated carbocycles. The Labute approximate surface area is 353 Å². The lowest BCUT2D eigenvalue weighted by Gasteiger charge is -2.35. The highest BCUT2D eigenvalue weighted by Crippen LogP contribution is 2.46. The maximum atomic E-state index is 15.5. The Kier molecular flexibility index (Phi) is 10.6. The van der Waals surface area contributed by atoms with Crippen LogP contribution >= 0.6 is 23.2 Å². The minimum Gasteiger partial charge on any atom is -0.494 e. The standard InChI is InChI=1S/C45H49Cl2N7O5/c1-24-16-31(17-25(2)40(24)47)59-15-9-10-32-33-11-12-34(46)39(38-27(4)48-51(8)28(38)5)42(33)54-26(3)21-53(44(56)43(32)54)35-19-29(22-52-14-13-49(6)37(55)23-52)18-30-20-36(45(57)58)50(7)41(30)35/h11-12,16-20,26H,9-10,13-15,21-23H2,1-8H3,(H,57,58)/t26-/m1/s1. The number of hydrogen-bond acceptors (Lipinski definition) is 6. The van der Waals surface area contributed by atoms with Crippen molar-refractivity contribution < 1.29 is 24.2 Å². The van der Waals surface area contributed by atoms with Crippen molar-refractivity contribution in [3.63, 3.8) is 0 Å². The van der Waals surface area contributed by atoms with E-state index in [9.17, 15) is 14.7 Å². The summed E-state index contributed by atoms with van der Waals surface area (Å²) in [7, 11) is 5.45. The van der Waals surface area contributed by atoms with Crippen molar-refractivity contribution >= 4 is 68.5 Å². The first-order valence-electron chi connectivity index (χ1n) is 19.9. The summed E-state index contributed by atoms with van der Waals surface area (Å²) < 4.78 is 11.9. The molecule has 1 fully saturated rings. The average Bonchev–Trinajstić information content (AvgIpc) is 3.79. The van der Waals surface area contributed by atoms with Crippen molar-refractivity contribution in [2.45, 2.75) is 60.0 Å². The van der Waals surface area contributed by atoms with Crippen LogP contribution in [0.1, 0.15) is 74.0 Å². The number of carbonyl (C=O) groups is 3. The maximum absolute atomic E-state index is 15.5. The highest BCUT2D eigenvalue weighted by atomic mass is 35.5. The van der Waals surface area contributed by atoms with Gasteiger partial charge in [0.25, 0.3) is 5.91 Å². The molecule has 6 aromatic rings. The van der Waals surface area contributed by atoms with Gasteiger partial charge in [0, 0.05) is 86.0 Å². The SMILES string of the molecule is Cc1cc(OCCCc2c3n(c4c(-c5c(C)nn(C)c5C)c(Cl)ccc24)[C@H](C)CN(c2cc(CN4CCN(C)C(=O)C4)cc4cc(C(=O)O)n(C)c24)C3=O)cc(C)c1Cl. The molecule has 3 aromatic carbocycles. The van der Waals surface area contributed by atoms with Crippen molar-refractivity contribution in [1.82, 2.24) is 28.7 Å². The molecule has 2 amide bonds. The molecule has 0 unspecified atom stereocenters. The zero-order valence-electron chi connectivity index (χ0n) is 34.7. The summed E-state index contributed by atoms with van der Waals surface area (Å²) in [5, 5.41) is 17.9. The van der Waals surface area contributed by atoms with E-state index in [0.29, 0.717) is 72.9 Å². The van der Waals surface area contributed by atoms with Crippen molar-refractivity contribution in [3.05, 3.63) is 97.5 Å². The van der Waals surface area contributed by atoms with Crippen LogP contribution in [0.5, 0.6) is 5.75 Å². The lowest BCUT2D eigenvalue weighted by atomic mass is 9.98. The fourth-order valence-electron chi connectivity index (χ4n) is 9.18. The monoisotopic (exact) mass is 837 g/mol. The van der Waals surface area contributed by atoms with E-state index >= 15 is 4.79 Å². The van der Waals surface area contributed by atoms with Crippen molar-refractivity contribution in [2.24, 2.45) is 14.1 Å². The molecule has 1 atom stereocenters. The molecule has 2 aliphatic rings. The van der Waals surface area contributed by atoms with Gasteiger partial charge < -0.3 is 28.8 Å². The van der Waals surface area contributed by atoms with E-state index in [1.807, 2.05) is 87.8 Å². The van der Waals surface area contributed by atoms with Crippen LogP contribution < -0.4 is 9.64 Å². The van der Waals surface area contributed by atoms with Gasteiger partial charge in [-0.2, -0.15) is 5.10 Å². The minimum absolute atomic E-state index is 0.0470. The molecule has 0 radical (unpaired) electrons. The number of fused-ring (bicyclic) bond motifs is 4. The fraction of sp³-hybridized carbons (Fsp3) is 0.378. The van der Waals surface area contributed by atoms with Crippen molar-refractivity contribution in [1.29, 1.82) is 0 Å². The normalized spacial score (nSPS) is 16.2. The number of aromatic nitrogens is 4. The molecule has 0 aliphatic carbocycles. The number of ether oxygens (including phenoxy) is 1. The van der Waals surface area contributed by atoms with Gasteiger partial charge in [-0.05, 0) is 106 Å². The average molecular weight is 839 g/mol. The van der Waals surface area contributed by atoms with Crippen LogP contribution in [-0.2, 0) is 31.9 Å². The Bertz CT molecular complexity index is 2710. The number of likely N-dealkylation sites (N-methyl/N-ethyl adjacent to an activating group) is 1. The van der Waals surface area contributed by atoms with Crippen LogP contribution in [0.3, 0.4) is 0 Å². The van der Waals surface area contributed by atoms with Crippen LogP contribution in [0.2, 0.25) is 10.0 Å². The predicted octanol–water partition coefficient (Wildman–Crippen LogP) is 8.28.